The SMILES string of the molecule is OC1(O)Oc2ccccc2CC1c1ccccc1. The van der Waals surface area contributed by atoms with Crippen molar-refractivity contribution in [2.75, 3.05) is 0 Å². The topological polar surface area (TPSA) is 49.7 Å². The van der Waals surface area contributed by atoms with Gasteiger partial charge in [-0.15, -0.1) is 0 Å². The summed E-state index contributed by atoms with van der Waals surface area (Å²) in [4.78, 5) is 0. The van der Waals surface area contributed by atoms with E-state index in [0.717, 1.165) is 11.1 Å². The highest BCUT2D eigenvalue weighted by atomic mass is 16.8. The van der Waals surface area contributed by atoms with Gasteiger partial charge in [-0.05, 0) is 23.6 Å². The quantitative estimate of drug-likeness (QED) is 0.752. The van der Waals surface area contributed by atoms with E-state index in [0.29, 0.717) is 12.2 Å². The first-order valence-corrected chi connectivity index (χ1v) is 5.93. The smallest absolute Gasteiger partial charge is 0.329 e. The van der Waals surface area contributed by atoms with Crippen molar-refractivity contribution in [1.29, 1.82) is 0 Å². The van der Waals surface area contributed by atoms with Crippen LogP contribution >= 0.6 is 0 Å². The minimum absolute atomic E-state index is 0.478. The Bertz CT molecular complexity index is 549. The van der Waals surface area contributed by atoms with Crippen molar-refractivity contribution in [2.24, 2.45) is 0 Å². The molecule has 0 aliphatic carbocycles. The Morgan fingerprint density at radius 1 is 0.944 bits per heavy atom. The van der Waals surface area contributed by atoms with Crippen molar-refractivity contribution in [2.45, 2.75) is 18.3 Å². The van der Waals surface area contributed by atoms with Gasteiger partial charge < -0.3 is 14.9 Å². The fraction of sp³-hybridized carbons (Fsp3) is 0.200. The van der Waals surface area contributed by atoms with Crippen molar-refractivity contribution in [1.82, 2.24) is 0 Å². The Morgan fingerprint density at radius 2 is 1.61 bits per heavy atom. The summed E-state index contributed by atoms with van der Waals surface area (Å²) >= 11 is 0. The number of hydrogen-bond acceptors (Lipinski definition) is 3. The molecular formula is C15H14O3. The third kappa shape index (κ3) is 1.88. The van der Waals surface area contributed by atoms with E-state index in [-0.39, 0.29) is 0 Å². The molecule has 0 bridgehead atoms. The Morgan fingerprint density at radius 3 is 2.39 bits per heavy atom. The highest BCUT2D eigenvalue weighted by molar-refractivity contribution is 5.39. The summed E-state index contributed by atoms with van der Waals surface area (Å²) in [7, 11) is 0. The second kappa shape index (κ2) is 4.12. The maximum absolute atomic E-state index is 10.1. The standard InChI is InChI=1S/C15H14O3/c16-15(17)13(11-6-2-1-3-7-11)10-12-8-4-5-9-14(12)18-15/h1-9,13,16-17H,10H2. The Hall–Kier alpha value is -1.84. The van der Waals surface area contributed by atoms with Gasteiger partial charge in [-0.3, -0.25) is 0 Å². The largest absolute Gasteiger partial charge is 0.439 e. The number of para-hydroxylation sites is 1. The molecule has 3 heteroatoms. The molecule has 1 heterocycles. The van der Waals surface area contributed by atoms with Gasteiger partial charge in [-0.1, -0.05) is 48.5 Å². The van der Waals surface area contributed by atoms with Crippen molar-refractivity contribution < 1.29 is 14.9 Å². The van der Waals surface area contributed by atoms with Gasteiger partial charge in [-0.2, -0.15) is 0 Å². The maximum atomic E-state index is 10.1. The molecule has 18 heavy (non-hydrogen) atoms. The van der Waals surface area contributed by atoms with E-state index in [9.17, 15) is 10.2 Å². The fourth-order valence-electron chi connectivity index (χ4n) is 2.38. The first-order valence-electron chi connectivity index (χ1n) is 5.93. The molecule has 1 atom stereocenters. The van der Waals surface area contributed by atoms with E-state index < -0.39 is 11.9 Å². The molecule has 2 N–H and O–H groups in total. The van der Waals surface area contributed by atoms with E-state index in [2.05, 4.69) is 0 Å². The van der Waals surface area contributed by atoms with E-state index in [1.165, 1.54) is 0 Å². The maximum Gasteiger partial charge on any atom is 0.329 e. The first kappa shape index (κ1) is 11.3. The second-order valence-electron chi connectivity index (χ2n) is 4.54. The van der Waals surface area contributed by atoms with Gasteiger partial charge in [0.25, 0.3) is 0 Å². The van der Waals surface area contributed by atoms with Crippen LogP contribution in [0.5, 0.6) is 5.75 Å². The van der Waals surface area contributed by atoms with Crippen molar-refractivity contribution in [3.05, 3.63) is 65.7 Å². The summed E-state index contributed by atoms with van der Waals surface area (Å²) in [5, 5.41) is 20.1. The Labute approximate surface area is 105 Å². The summed E-state index contributed by atoms with van der Waals surface area (Å²) in [6.45, 7) is 0. The van der Waals surface area contributed by atoms with E-state index >= 15 is 0 Å². The van der Waals surface area contributed by atoms with Gasteiger partial charge in [0, 0.05) is 0 Å². The number of aliphatic hydroxyl groups is 2. The van der Waals surface area contributed by atoms with Crippen LogP contribution < -0.4 is 4.74 Å². The second-order valence-corrected chi connectivity index (χ2v) is 4.54. The average molecular weight is 242 g/mol. The molecule has 0 aromatic heterocycles. The predicted molar refractivity (Wildman–Crippen MR) is 67.1 cm³/mol. The number of fused-ring (bicyclic) bond motifs is 1. The monoisotopic (exact) mass is 242 g/mol. The molecule has 1 aliphatic heterocycles. The first-order chi connectivity index (χ1) is 8.67. The zero-order chi connectivity index (χ0) is 12.6. The summed E-state index contributed by atoms with van der Waals surface area (Å²) in [6.07, 6.45) is 0.549. The molecule has 1 unspecified atom stereocenters. The van der Waals surface area contributed by atoms with Gasteiger partial charge in [0.15, 0.2) is 0 Å². The lowest BCUT2D eigenvalue weighted by atomic mass is 9.87. The van der Waals surface area contributed by atoms with Gasteiger partial charge in [0.1, 0.15) is 5.75 Å². The molecule has 0 amide bonds. The van der Waals surface area contributed by atoms with Gasteiger partial charge in [-0.25, -0.2) is 0 Å². The lowest BCUT2D eigenvalue weighted by Gasteiger charge is -2.36. The van der Waals surface area contributed by atoms with Crippen molar-refractivity contribution in [3.63, 3.8) is 0 Å². The molecule has 0 fully saturated rings. The zero-order valence-electron chi connectivity index (χ0n) is 9.78. The summed E-state index contributed by atoms with van der Waals surface area (Å²) in [6, 6.07) is 16.9. The molecular weight excluding hydrogens is 228 g/mol. The van der Waals surface area contributed by atoms with Crippen LogP contribution in [0.4, 0.5) is 0 Å². The predicted octanol–water partition coefficient (Wildman–Crippen LogP) is 2.04. The molecule has 0 saturated heterocycles. The van der Waals surface area contributed by atoms with Crippen LogP contribution in [0.25, 0.3) is 0 Å². The Balaban J connectivity index is 2.02. The van der Waals surface area contributed by atoms with Crippen LogP contribution in [0.3, 0.4) is 0 Å². The van der Waals surface area contributed by atoms with Gasteiger partial charge in [0.05, 0.1) is 5.92 Å². The van der Waals surface area contributed by atoms with Crippen LogP contribution in [0, 0.1) is 0 Å². The molecule has 0 saturated carbocycles. The number of rotatable bonds is 1. The van der Waals surface area contributed by atoms with E-state index in [1.807, 2.05) is 48.5 Å². The number of benzene rings is 2. The van der Waals surface area contributed by atoms with Crippen LogP contribution in [0.2, 0.25) is 0 Å². The normalized spacial score (nSPS) is 20.9. The lowest BCUT2D eigenvalue weighted by Crippen LogP contribution is -2.45. The highest BCUT2D eigenvalue weighted by Crippen LogP contribution is 2.39. The lowest BCUT2D eigenvalue weighted by molar-refractivity contribution is -0.311. The van der Waals surface area contributed by atoms with Crippen LogP contribution in [0.15, 0.2) is 54.6 Å². The van der Waals surface area contributed by atoms with Crippen LogP contribution in [-0.2, 0) is 6.42 Å². The van der Waals surface area contributed by atoms with Crippen LogP contribution in [0.1, 0.15) is 17.0 Å². The fourth-order valence-corrected chi connectivity index (χ4v) is 2.38. The van der Waals surface area contributed by atoms with Crippen molar-refractivity contribution in [3.8, 4) is 5.75 Å². The minimum atomic E-state index is -2.16. The third-order valence-electron chi connectivity index (χ3n) is 3.31. The molecule has 0 radical (unpaired) electrons. The number of hydrogen-bond donors (Lipinski definition) is 2. The molecule has 2 aromatic rings. The van der Waals surface area contributed by atoms with Crippen molar-refractivity contribution >= 4 is 0 Å². The molecule has 3 rings (SSSR count). The molecule has 2 aromatic carbocycles. The van der Waals surface area contributed by atoms with Gasteiger partial charge in [0.2, 0.25) is 0 Å². The summed E-state index contributed by atoms with van der Waals surface area (Å²) in [5.41, 5.74) is 1.85. The zero-order valence-corrected chi connectivity index (χ0v) is 9.78. The van der Waals surface area contributed by atoms with E-state index in [4.69, 9.17) is 4.74 Å². The summed E-state index contributed by atoms with van der Waals surface area (Å²) in [5.74, 6) is -2.10. The third-order valence-corrected chi connectivity index (χ3v) is 3.31. The van der Waals surface area contributed by atoms with Crippen LogP contribution in [-0.4, -0.2) is 16.2 Å². The molecule has 92 valence electrons. The number of ether oxygens (including phenoxy) is 1. The van der Waals surface area contributed by atoms with E-state index in [1.54, 1.807) is 6.07 Å². The molecule has 1 aliphatic rings. The average Bonchev–Trinajstić information content (AvgIpc) is 2.38. The minimum Gasteiger partial charge on any atom is -0.439 e. The Kier molecular flexibility index (Phi) is 2.58. The van der Waals surface area contributed by atoms with Gasteiger partial charge >= 0.3 is 5.97 Å². The summed E-state index contributed by atoms with van der Waals surface area (Å²) < 4.78 is 5.30. The molecule has 3 nitrogen and oxygen atoms in total. The highest BCUT2D eigenvalue weighted by Gasteiger charge is 2.42. The molecule has 0 spiro atoms.